The summed E-state index contributed by atoms with van der Waals surface area (Å²) in [7, 11) is -0.140. The van der Waals surface area contributed by atoms with E-state index in [2.05, 4.69) is 19.2 Å². The molecule has 1 fully saturated rings. The summed E-state index contributed by atoms with van der Waals surface area (Å²) in [5.41, 5.74) is 0. The van der Waals surface area contributed by atoms with E-state index in [1.54, 1.807) is 0 Å². The van der Waals surface area contributed by atoms with Crippen molar-refractivity contribution >= 4 is 7.60 Å². The highest BCUT2D eigenvalue weighted by molar-refractivity contribution is 7.55. The van der Waals surface area contributed by atoms with Crippen molar-refractivity contribution in [3.05, 3.63) is 0 Å². The maximum Gasteiger partial charge on any atom is 0.349 e. The minimum Gasteiger partial charge on any atom is -0.311 e. The van der Waals surface area contributed by atoms with Crippen molar-refractivity contribution in [2.24, 2.45) is 5.92 Å². The summed E-state index contributed by atoms with van der Waals surface area (Å²) in [5.74, 6) is 0.536. The van der Waals surface area contributed by atoms with Crippen LogP contribution < -0.4 is 5.32 Å². The van der Waals surface area contributed by atoms with E-state index in [1.807, 2.05) is 6.92 Å². The van der Waals surface area contributed by atoms with Crippen molar-refractivity contribution in [3.63, 3.8) is 0 Å². The molecule has 0 radical (unpaired) electrons. The number of hydrogen-bond donors (Lipinski definition) is 1. The molecule has 4 nitrogen and oxygen atoms in total. The van der Waals surface area contributed by atoms with Crippen LogP contribution in [-0.2, 0) is 13.6 Å². The Morgan fingerprint density at radius 1 is 1.40 bits per heavy atom. The Labute approximate surface area is 92.3 Å². The maximum atomic E-state index is 12.3. The maximum absolute atomic E-state index is 12.3. The fourth-order valence-electron chi connectivity index (χ4n) is 2.17. The lowest BCUT2D eigenvalue weighted by atomic mass is 10.0. The van der Waals surface area contributed by atoms with Gasteiger partial charge in [-0.3, -0.25) is 9.88 Å². The quantitative estimate of drug-likeness (QED) is 0.761. The molecule has 0 aromatic carbocycles. The summed E-state index contributed by atoms with van der Waals surface area (Å²) in [6.45, 7) is 6.24. The topological polar surface area (TPSA) is 47.6 Å². The molecule has 2 atom stereocenters. The van der Waals surface area contributed by atoms with Gasteiger partial charge in [0.2, 0.25) is 0 Å². The second-order valence-electron chi connectivity index (χ2n) is 4.67. The molecule has 0 saturated carbocycles. The Balaban J connectivity index is 2.82. The minimum absolute atomic E-state index is 0.397. The number of nitrogens with one attached hydrogen (secondary N) is 1. The van der Waals surface area contributed by atoms with Crippen molar-refractivity contribution in [2.45, 2.75) is 44.9 Å². The van der Waals surface area contributed by atoms with Crippen LogP contribution in [0.15, 0.2) is 0 Å². The van der Waals surface area contributed by atoms with Gasteiger partial charge in [-0.15, -0.1) is 0 Å². The van der Waals surface area contributed by atoms with Crippen LogP contribution in [0.1, 0.15) is 33.6 Å². The fourth-order valence-corrected chi connectivity index (χ4v) is 3.86. The molecule has 0 aromatic heterocycles. The zero-order chi connectivity index (χ0) is 11.7. The van der Waals surface area contributed by atoms with Gasteiger partial charge in [0.05, 0.1) is 0 Å². The van der Waals surface area contributed by atoms with Crippen molar-refractivity contribution in [1.82, 2.24) is 5.32 Å². The van der Waals surface area contributed by atoms with Gasteiger partial charge in [-0.1, -0.05) is 13.8 Å². The van der Waals surface area contributed by atoms with E-state index in [1.165, 1.54) is 14.2 Å². The van der Waals surface area contributed by atoms with Gasteiger partial charge in [0.25, 0.3) is 0 Å². The monoisotopic (exact) mass is 235 g/mol. The van der Waals surface area contributed by atoms with Crippen LogP contribution in [0.5, 0.6) is 0 Å². The molecule has 1 rings (SSSR count). The SMILES string of the molecule is COP(=O)(OC)[C@]1(C)CC[C@H](C(C)C)N1. The van der Waals surface area contributed by atoms with Gasteiger partial charge in [0.15, 0.2) is 0 Å². The summed E-state index contributed by atoms with van der Waals surface area (Å²) < 4.78 is 22.5. The number of rotatable bonds is 4. The van der Waals surface area contributed by atoms with E-state index in [9.17, 15) is 4.57 Å². The van der Waals surface area contributed by atoms with Gasteiger partial charge in [-0.05, 0) is 25.7 Å². The summed E-state index contributed by atoms with van der Waals surface area (Å²) in [4.78, 5) is 0. The molecule has 1 N–H and O–H groups in total. The summed E-state index contributed by atoms with van der Waals surface area (Å²) >= 11 is 0. The Hall–Kier alpha value is 0.110. The first-order chi connectivity index (χ1) is 6.88. The molecule has 90 valence electrons. The smallest absolute Gasteiger partial charge is 0.311 e. The molecule has 0 spiro atoms. The molecule has 0 amide bonds. The molecule has 1 aliphatic heterocycles. The van der Waals surface area contributed by atoms with Gasteiger partial charge in [0.1, 0.15) is 5.28 Å². The molecule has 0 bridgehead atoms. The summed E-state index contributed by atoms with van der Waals surface area (Å²) in [6.07, 6.45) is 1.85. The van der Waals surface area contributed by atoms with Crippen molar-refractivity contribution in [1.29, 1.82) is 0 Å². The molecule has 15 heavy (non-hydrogen) atoms. The molecule has 0 unspecified atom stereocenters. The highest BCUT2D eigenvalue weighted by atomic mass is 31.2. The summed E-state index contributed by atoms with van der Waals surface area (Å²) in [5, 5.41) is 2.86. The van der Waals surface area contributed by atoms with Gasteiger partial charge in [0, 0.05) is 20.3 Å². The first-order valence-electron chi connectivity index (χ1n) is 5.38. The third-order valence-electron chi connectivity index (χ3n) is 3.33. The minimum atomic E-state index is -3.03. The first kappa shape index (κ1) is 13.2. The first-order valence-corrected chi connectivity index (χ1v) is 6.92. The normalized spacial score (nSPS) is 32.5. The molecular formula is C10H22NO3P. The van der Waals surface area contributed by atoms with Crippen LogP contribution in [-0.4, -0.2) is 25.5 Å². The fraction of sp³-hybridized carbons (Fsp3) is 1.00. The van der Waals surface area contributed by atoms with E-state index >= 15 is 0 Å². The lowest BCUT2D eigenvalue weighted by Gasteiger charge is -2.32. The Morgan fingerprint density at radius 3 is 2.27 bits per heavy atom. The van der Waals surface area contributed by atoms with Gasteiger partial charge in [-0.2, -0.15) is 0 Å². The average molecular weight is 235 g/mol. The molecule has 1 saturated heterocycles. The van der Waals surface area contributed by atoms with Crippen LogP contribution in [0.3, 0.4) is 0 Å². The molecule has 5 heteroatoms. The second-order valence-corrected chi connectivity index (χ2v) is 7.38. The third-order valence-corrected chi connectivity index (χ3v) is 5.85. The number of hydrogen-bond acceptors (Lipinski definition) is 4. The molecule has 0 aliphatic carbocycles. The predicted octanol–water partition coefficient (Wildman–Crippen LogP) is 2.60. The summed E-state index contributed by atoms with van der Waals surface area (Å²) in [6, 6.07) is 0.397. The van der Waals surface area contributed by atoms with Crippen LogP contribution in [0.4, 0.5) is 0 Å². The van der Waals surface area contributed by atoms with Crippen LogP contribution in [0, 0.1) is 5.92 Å². The van der Waals surface area contributed by atoms with Crippen LogP contribution in [0.2, 0.25) is 0 Å². The van der Waals surface area contributed by atoms with Crippen molar-refractivity contribution in [3.8, 4) is 0 Å². The van der Waals surface area contributed by atoms with E-state index in [0.717, 1.165) is 12.8 Å². The average Bonchev–Trinajstić information content (AvgIpc) is 2.61. The van der Waals surface area contributed by atoms with Crippen LogP contribution in [0.25, 0.3) is 0 Å². The third kappa shape index (κ3) is 2.28. The Morgan fingerprint density at radius 2 is 1.93 bits per heavy atom. The van der Waals surface area contributed by atoms with Crippen LogP contribution >= 0.6 is 7.60 Å². The lowest BCUT2D eigenvalue weighted by molar-refractivity contribution is 0.237. The molecular weight excluding hydrogens is 213 g/mol. The molecule has 1 aliphatic rings. The van der Waals surface area contributed by atoms with Gasteiger partial charge < -0.3 is 9.05 Å². The highest BCUT2D eigenvalue weighted by Crippen LogP contribution is 2.61. The standard InChI is InChI=1S/C10H22NO3P/c1-8(2)9-6-7-10(3,11-9)15(12,13-4)14-5/h8-9,11H,6-7H2,1-5H3/t9-,10-/m1/s1. The van der Waals surface area contributed by atoms with E-state index in [-0.39, 0.29) is 0 Å². The zero-order valence-electron chi connectivity index (χ0n) is 10.2. The zero-order valence-corrected chi connectivity index (χ0v) is 11.1. The van der Waals surface area contributed by atoms with E-state index < -0.39 is 12.9 Å². The molecule has 0 aromatic rings. The van der Waals surface area contributed by atoms with E-state index in [0.29, 0.717) is 12.0 Å². The van der Waals surface area contributed by atoms with Gasteiger partial charge in [-0.25, -0.2) is 0 Å². The highest BCUT2D eigenvalue weighted by Gasteiger charge is 2.50. The van der Waals surface area contributed by atoms with Crippen molar-refractivity contribution in [2.75, 3.05) is 14.2 Å². The van der Waals surface area contributed by atoms with Gasteiger partial charge >= 0.3 is 7.60 Å². The second kappa shape index (κ2) is 4.54. The largest absolute Gasteiger partial charge is 0.349 e. The predicted molar refractivity (Wildman–Crippen MR) is 61.0 cm³/mol. The van der Waals surface area contributed by atoms with Crippen molar-refractivity contribution < 1.29 is 13.6 Å². The van der Waals surface area contributed by atoms with E-state index in [4.69, 9.17) is 9.05 Å². The Bertz CT molecular complexity index is 261. The Kier molecular flexibility index (Phi) is 3.99. The molecule has 1 heterocycles. The lowest BCUT2D eigenvalue weighted by Crippen LogP contribution is -2.42.